The van der Waals surface area contributed by atoms with Gasteiger partial charge in [0.2, 0.25) is 5.91 Å². The topological polar surface area (TPSA) is 68.7 Å². The van der Waals surface area contributed by atoms with Crippen LogP contribution >= 0.6 is 11.3 Å². The molecule has 1 unspecified atom stereocenters. The van der Waals surface area contributed by atoms with Crippen molar-refractivity contribution < 1.29 is 19.1 Å². The molecule has 1 aromatic heterocycles. The number of carbonyl (C=O) groups excluding carboxylic acids is 2. The van der Waals surface area contributed by atoms with Crippen LogP contribution in [0.5, 0.6) is 5.75 Å². The highest BCUT2D eigenvalue weighted by Gasteiger charge is 2.37. The van der Waals surface area contributed by atoms with E-state index in [1.165, 1.54) is 18.4 Å². The van der Waals surface area contributed by atoms with Gasteiger partial charge < -0.3 is 9.47 Å². The first-order valence-electron chi connectivity index (χ1n) is 6.45. The normalized spacial score (nSPS) is 18.3. The van der Waals surface area contributed by atoms with Gasteiger partial charge in [0.1, 0.15) is 11.3 Å². The summed E-state index contributed by atoms with van der Waals surface area (Å²) >= 11 is 1.41. The van der Waals surface area contributed by atoms with Crippen molar-refractivity contribution in [3.8, 4) is 5.75 Å². The number of carbonyl (C=O) groups is 2. The highest BCUT2D eigenvalue weighted by atomic mass is 32.1. The molecule has 0 spiro atoms. The number of hydrogen-bond acceptors (Lipinski definition) is 6. The smallest absolute Gasteiger partial charge is 0.311 e. The van der Waals surface area contributed by atoms with Crippen molar-refractivity contribution >= 4 is 38.6 Å². The Morgan fingerprint density at radius 3 is 2.95 bits per heavy atom. The van der Waals surface area contributed by atoms with Gasteiger partial charge in [0.25, 0.3) is 0 Å². The molecule has 2 aromatic rings. The molecule has 1 fully saturated rings. The standard InChI is InChI=1S/C14H14N2O4S/c1-19-9-4-3-5-10-12(9)15-14(21-10)16-7-8(6-11(16)17)13(18)20-2/h3-5,8H,6-7H2,1-2H3. The monoisotopic (exact) mass is 306 g/mol. The molecule has 1 aromatic carbocycles. The first-order valence-corrected chi connectivity index (χ1v) is 7.27. The Hall–Kier alpha value is -2.15. The predicted molar refractivity (Wildman–Crippen MR) is 78.6 cm³/mol. The second-order valence-corrected chi connectivity index (χ2v) is 5.74. The summed E-state index contributed by atoms with van der Waals surface area (Å²) in [5.41, 5.74) is 0.731. The quantitative estimate of drug-likeness (QED) is 0.809. The van der Waals surface area contributed by atoms with Crippen molar-refractivity contribution in [1.82, 2.24) is 4.98 Å². The number of para-hydroxylation sites is 1. The van der Waals surface area contributed by atoms with Crippen LogP contribution in [0, 0.1) is 5.92 Å². The third-order valence-electron chi connectivity index (χ3n) is 3.48. The zero-order valence-electron chi connectivity index (χ0n) is 11.7. The van der Waals surface area contributed by atoms with Gasteiger partial charge in [-0.25, -0.2) is 4.98 Å². The zero-order valence-corrected chi connectivity index (χ0v) is 12.5. The van der Waals surface area contributed by atoms with Crippen molar-refractivity contribution in [2.45, 2.75) is 6.42 Å². The summed E-state index contributed by atoms with van der Waals surface area (Å²) in [5.74, 6) is -0.212. The maximum Gasteiger partial charge on any atom is 0.311 e. The van der Waals surface area contributed by atoms with Crippen LogP contribution in [-0.4, -0.2) is 37.6 Å². The molecular weight excluding hydrogens is 292 g/mol. The summed E-state index contributed by atoms with van der Waals surface area (Å²) in [4.78, 5) is 29.7. The van der Waals surface area contributed by atoms with E-state index in [9.17, 15) is 9.59 Å². The van der Waals surface area contributed by atoms with E-state index in [0.29, 0.717) is 17.4 Å². The number of ether oxygens (including phenoxy) is 2. The third-order valence-corrected chi connectivity index (χ3v) is 4.52. The van der Waals surface area contributed by atoms with Gasteiger partial charge in [-0.05, 0) is 12.1 Å². The van der Waals surface area contributed by atoms with Gasteiger partial charge in [-0.15, -0.1) is 0 Å². The largest absolute Gasteiger partial charge is 0.494 e. The molecular formula is C14H14N2O4S. The number of thiazole rings is 1. The van der Waals surface area contributed by atoms with Gasteiger partial charge in [0.05, 0.1) is 24.8 Å². The summed E-state index contributed by atoms with van der Waals surface area (Å²) < 4.78 is 10.9. The number of aromatic nitrogens is 1. The number of benzene rings is 1. The number of methoxy groups -OCH3 is 2. The van der Waals surface area contributed by atoms with Crippen LogP contribution in [0.3, 0.4) is 0 Å². The molecule has 1 amide bonds. The maximum atomic E-state index is 12.1. The molecule has 21 heavy (non-hydrogen) atoms. The SMILES string of the molecule is COC(=O)C1CC(=O)N(c2nc3c(OC)cccc3s2)C1. The molecule has 0 N–H and O–H groups in total. The van der Waals surface area contributed by atoms with Crippen molar-refractivity contribution in [3.05, 3.63) is 18.2 Å². The molecule has 0 radical (unpaired) electrons. The molecule has 0 aliphatic carbocycles. The molecule has 7 heteroatoms. The Labute approximate surface area is 125 Å². The molecule has 0 bridgehead atoms. The van der Waals surface area contributed by atoms with E-state index < -0.39 is 5.92 Å². The number of amides is 1. The fourth-order valence-corrected chi connectivity index (χ4v) is 3.42. The number of nitrogens with zero attached hydrogens (tertiary/aromatic N) is 2. The average molecular weight is 306 g/mol. The Balaban J connectivity index is 1.94. The number of hydrogen-bond donors (Lipinski definition) is 0. The van der Waals surface area contributed by atoms with Crippen LogP contribution in [0.1, 0.15) is 6.42 Å². The minimum absolute atomic E-state index is 0.108. The second-order valence-electron chi connectivity index (χ2n) is 4.73. The first kappa shape index (κ1) is 13.8. The Kier molecular flexibility index (Phi) is 3.50. The van der Waals surface area contributed by atoms with Crippen LogP contribution < -0.4 is 9.64 Å². The van der Waals surface area contributed by atoms with Crippen LogP contribution in [0.2, 0.25) is 0 Å². The molecule has 1 aliphatic heterocycles. The third kappa shape index (κ3) is 2.33. The molecule has 1 aliphatic rings. The van der Waals surface area contributed by atoms with E-state index in [2.05, 4.69) is 4.98 Å². The van der Waals surface area contributed by atoms with E-state index in [4.69, 9.17) is 9.47 Å². The summed E-state index contributed by atoms with van der Waals surface area (Å²) in [6.45, 7) is 0.313. The average Bonchev–Trinajstić information content (AvgIpc) is 3.08. The lowest BCUT2D eigenvalue weighted by molar-refractivity contribution is -0.145. The lowest BCUT2D eigenvalue weighted by Crippen LogP contribution is -2.25. The van der Waals surface area contributed by atoms with E-state index in [-0.39, 0.29) is 18.3 Å². The minimum atomic E-state index is -0.420. The van der Waals surface area contributed by atoms with Gasteiger partial charge in [-0.3, -0.25) is 14.5 Å². The van der Waals surface area contributed by atoms with Crippen molar-refractivity contribution in [2.24, 2.45) is 5.92 Å². The van der Waals surface area contributed by atoms with Crippen molar-refractivity contribution in [2.75, 3.05) is 25.7 Å². The lowest BCUT2D eigenvalue weighted by atomic mass is 10.1. The summed E-state index contributed by atoms with van der Waals surface area (Å²) in [5, 5.41) is 0.589. The van der Waals surface area contributed by atoms with E-state index in [1.54, 1.807) is 12.0 Å². The lowest BCUT2D eigenvalue weighted by Gasteiger charge is -2.11. The number of anilines is 1. The van der Waals surface area contributed by atoms with E-state index in [1.807, 2.05) is 18.2 Å². The minimum Gasteiger partial charge on any atom is -0.494 e. The first-order chi connectivity index (χ1) is 10.1. The molecule has 0 saturated carbocycles. The number of esters is 1. The van der Waals surface area contributed by atoms with Gasteiger partial charge in [-0.2, -0.15) is 0 Å². The van der Waals surface area contributed by atoms with Crippen LogP contribution in [0.4, 0.5) is 5.13 Å². The Bertz CT molecular complexity index is 712. The maximum absolute atomic E-state index is 12.1. The predicted octanol–water partition coefficient (Wildman–Crippen LogP) is 1.83. The van der Waals surface area contributed by atoms with E-state index >= 15 is 0 Å². The summed E-state index contributed by atoms with van der Waals surface area (Å²) in [6, 6.07) is 5.64. The zero-order chi connectivity index (χ0) is 15.0. The molecule has 1 saturated heterocycles. The second kappa shape index (κ2) is 5.33. The van der Waals surface area contributed by atoms with Gasteiger partial charge in [0.15, 0.2) is 5.13 Å². The molecule has 6 nitrogen and oxygen atoms in total. The fourth-order valence-electron chi connectivity index (χ4n) is 2.41. The molecule has 3 rings (SSSR count). The van der Waals surface area contributed by atoms with Crippen molar-refractivity contribution in [3.63, 3.8) is 0 Å². The van der Waals surface area contributed by atoms with E-state index in [0.717, 1.165) is 10.2 Å². The number of fused-ring (bicyclic) bond motifs is 1. The van der Waals surface area contributed by atoms with Gasteiger partial charge >= 0.3 is 5.97 Å². The van der Waals surface area contributed by atoms with Crippen LogP contribution in [0.15, 0.2) is 18.2 Å². The Morgan fingerprint density at radius 1 is 1.43 bits per heavy atom. The molecule has 1 atom stereocenters. The highest BCUT2D eigenvalue weighted by molar-refractivity contribution is 7.22. The molecule has 110 valence electrons. The van der Waals surface area contributed by atoms with Gasteiger partial charge in [-0.1, -0.05) is 17.4 Å². The number of rotatable bonds is 3. The molecule has 2 heterocycles. The van der Waals surface area contributed by atoms with Crippen LogP contribution in [0.25, 0.3) is 10.2 Å². The Morgan fingerprint density at radius 2 is 2.24 bits per heavy atom. The summed E-state index contributed by atoms with van der Waals surface area (Å²) in [7, 11) is 2.92. The summed E-state index contributed by atoms with van der Waals surface area (Å²) in [6.07, 6.45) is 0.166. The highest BCUT2D eigenvalue weighted by Crippen LogP contribution is 2.36. The fraction of sp³-hybridized carbons (Fsp3) is 0.357. The van der Waals surface area contributed by atoms with Gasteiger partial charge in [0, 0.05) is 13.0 Å². The van der Waals surface area contributed by atoms with Crippen LogP contribution in [-0.2, 0) is 14.3 Å². The van der Waals surface area contributed by atoms with Crippen molar-refractivity contribution in [1.29, 1.82) is 0 Å².